The van der Waals surface area contributed by atoms with Gasteiger partial charge in [-0.05, 0) is 62.6 Å². The van der Waals surface area contributed by atoms with Crippen molar-refractivity contribution in [3.05, 3.63) is 90.6 Å². The molecule has 1 fully saturated rings. The summed E-state index contributed by atoms with van der Waals surface area (Å²) in [4.78, 5) is 40.8. The van der Waals surface area contributed by atoms with E-state index in [2.05, 4.69) is 10.6 Å². The molecule has 2 N–H and O–H groups in total. The summed E-state index contributed by atoms with van der Waals surface area (Å²) >= 11 is 0. The van der Waals surface area contributed by atoms with Crippen LogP contribution in [0.5, 0.6) is 0 Å². The number of hydrogen-bond acceptors (Lipinski definition) is 5. The van der Waals surface area contributed by atoms with Gasteiger partial charge in [0.05, 0.1) is 16.9 Å². The van der Waals surface area contributed by atoms with Crippen LogP contribution in [0.1, 0.15) is 30.0 Å². The molecule has 1 aliphatic rings. The van der Waals surface area contributed by atoms with Gasteiger partial charge in [-0.2, -0.15) is 0 Å². The van der Waals surface area contributed by atoms with E-state index in [-0.39, 0.29) is 34.0 Å². The maximum atomic E-state index is 14.8. The molecule has 2 heterocycles. The van der Waals surface area contributed by atoms with Crippen LogP contribution >= 0.6 is 0 Å². The van der Waals surface area contributed by atoms with Crippen LogP contribution in [0.3, 0.4) is 0 Å². The third kappa shape index (κ3) is 3.63. The molecule has 8 nitrogen and oxygen atoms in total. The molecule has 0 aliphatic heterocycles. The Kier molecular flexibility index (Phi) is 5.35. The fourth-order valence-electron chi connectivity index (χ4n) is 4.50. The van der Waals surface area contributed by atoms with E-state index in [0.29, 0.717) is 5.69 Å². The van der Waals surface area contributed by atoms with E-state index >= 15 is 0 Å². The molecule has 9 heteroatoms. The van der Waals surface area contributed by atoms with Gasteiger partial charge in [0.1, 0.15) is 17.0 Å². The predicted octanol–water partition coefficient (Wildman–Crippen LogP) is 3.73. The molecule has 0 spiro atoms. The fourth-order valence-corrected chi connectivity index (χ4v) is 4.50. The van der Waals surface area contributed by atoms with Crippen molar-refractivity contribution in [1.82, 2.24) is 13.7 Å². The number of aryl methyl sites for hydroxylation is 2. The normalized spacial score (nSPS) is 13.3. The molecular weight excluding hydrogens is 449 g/mol. The monoisotopic (exact) mass is 475 g/mol. The van der Waals surface area contributed by atoms with Crippen molar-refractivity contribution in [3.8, 4) is 5.69 Å². The zero-order valence-electron chi connectivity index (χ0n) is 20.0. The quantitative estimate of drug-likeness (QED) is 0.459. The zero-order valence-corrected chi connectivity index (χ0v) is 20.0. The average molecular weight is 476 g/mol. The Bertz CT molecular complexity index is 1680. The third-order valence-corrected chi connectivity index (χ3v) is 6.53. The Balaban J connectivity index is 1.94. The summed E-state index contributed by atoms with van der Waals surface area (Å²) in [6.07, 6.45) is 1.44. The molecule has 0 bridgehead atoms. The lowest BCUT2D eigenvalue weighted by atomic mass is 10.1. The molecule has 0 atom stereocenters. The number of rotatable bonds is 5. The van der Waals surface area contributed by atoms with Gasteiger partial charge < -0.3 is 10.6 Å². The van der Waals surface area contributed by atoms with Crippen molar-refractivity contribution in [2.24, 2.45) is 7.05 Å². The second kappa shape index (κ2) is 8.26. The molecule has 180 valence electrons. The maximum Gasteiger partial charge on any atom is 0.336 e. The highest BCUT2D eigenvalue weighted by Gasteiger charge is 2.31. The van der Waals surface area contributed by atoms with Crippen LogP contribution in [-0.2, 0) is 7.05 Å². The summed E-state index contributed by atoms with van der Waals surface area (Å²) in [5, 5.41) is 6.18. The number of fused-ring (bicyclic) bond motifs is 1. The van der Waals surface area contributed by atoms with E-state index in [4.69, 9.17) is 0 Å². The van der Waals surface area contributed by atoms with Crippen molar-refractivity contribution in [1.29, 1.82) is 0 Å². The van der Waals surface area contributed by atoms with Crippen molar-refractivity contribution in [3.63, 3.8) is 0 Å². The molecule has 5 rings (SSSR count). The van der Waals surface area contributed by atoms with Crippen LogP contribution in [0, 0.1) is 19.7 Å². The summed E-state index contributed by atoms with van der Waals surface area (Å²) in [6, 6.07) is 11.7. The number of halogens is 1. The SMILES string of the molecule is CNc1cccc(-n2c(=O)n(C3CC3)c(=O)c3c(Nc4ccc(C)cc4F)n(C)c(=O)c(C)c32)c1. The van der Waals surface area contributed by atoms with E-state index < -0.39 is 22.6 Å². The first-order valence-corrected chi connectivity index (χ1v) is 11.4. The Morgan fingerprint density at radius 2 is 1.74 bits per heavy atom. The predicted molar refractivity (Wildman–Crippen MR) is 136 cm³/mol. The van der Waals surface area contributed by atoms with Crippen molar-refractivity contribution in [2.75, 3.05) is 17.7 Å². The third-order valence-electron chi connectivity index (χ3n) is 6.53. The first-order valence-electron chi connectivity index (χ1n) is 11.4. The lowest BCUT2D eigenvalue weighted by Crippen LogP contribution is -2.41. The Labute approximate surface area is 200 Å². The summed E-state index contributed by atoms with van der Waals surface area (Å²) < 4.78 is 18.7. The molecular formula is C26H26FN5O3. The minimum atomic E-state index is -0.510. The molecule has 2 aromatic heterocycles. The van der Waals surface area contributed by atoms with Crippen LogP contribution in [0.4, 0.5) is 21.6 Å². The minimum absolute atomic E-state index is 0.128. The first-order chi connectivity index (χ1) is 16.7. The highest BCUT2D eigenvalue weighted by Crippen LogP contribution is 2.34. The second-order valence-electron chi connectivity index (χ2n) is 8.99. The number of nitrogens with zero attached hydrogens (tertiary/aromatic N) is 3. The van der Waals surface area contributed by atoms with Gasteiger partial charge in [-0.15, -0.1) is 0 Å². The highest BCUT2D eigenvalue weighted by atomic mass is 19.1. The molecule has 0 saturated heterocycles. The molecule has 1 saturated carbocycles. The van der Waals surface area contributed by atoms with Gasteiger partial charge >= 0.3 is 5.69 Å². The standard InChI is InChI=1S/C26H26FN5O3/c1-14-8-11-20(19(27)12-14)29-23-21-22(15(2)24(33)30(23)4)31(18-7-5-6-16(13-18)28-3)26(35)32(25(21)34)17-9-10-17/h5-8,11-13,17,28-29H,9-10H2,1-4H3. The van der Waals surface area contributed by atoms with Crippen LogP contribution in [0.25, 0.3) is 16.6 Å². The molecule has 4 aromatic rings. The van der Waals surface area contributed by atoms with E-state index in [0.717, 1.165) is 24.1 Å². The summed E-state index contributed by atoms with van der Waals surface area (Å²) in [6.45, 7) is 3.37. The number of nitrogens with one attached hydrogen (secondary N) is 2. The summed E-state index contributed by atoms with van der Waals surface area (Å²) in [5.74, 6) is -0.375. The first kappa shape index (κ1) is 22.6. The van der Waals surface area contributed by atoms with E-state index in [1.165, 1.54) is 26.8 Å². The second-order valence-corrected chi connectivity index (χ2v) is 8.99. The van der Waals surface area contributed by atoms with E-state index in [1.54, 1.807) is 51.2 Å². The van der Waals surface area contributed by atoms with Gasteiger partial charge in [0.15, 0.2) is 0 Å². The molecule has 1 aliphatic carbocycles. The lowest BCUT2D eigenvalue weighted by Gasteiger charge is -2.21. The van der Waals surface area contributed by atoms with Crippen molar-refractivity contribution >= 4 is 28.1 Å². The van der Waals surface area contributed by atoms with Gasteiger partial charge in [-0.1, -0.05) is 12.1 Å². The number of hydrogen-bond donors (Lipinski definition) is 2. The average Bonchev–Trinajstić information content (AvgIpc) is 3.67. The number of aromatic nitrogens is 3. The number of benzene rings is 2. The van der Waals surface area contributed by atoms with Crippen molar-refractivity contribution in [2.45, 2.75) is 32.7 Å². The summed E-state index contributed by atoms with van der Waals surface area (Å²) in [7, 11) is 3.30. The fraction of sp³-hybridized carbons (Fsp3) is 0.269. The smallest absolute Gasteiger partial charge is 0.336 e. The van der Waals surface area contributed by atoms with E-state index in [1.807, 2.05) is 6.07 Å². The topological polar surface area (TPSA) is 90.1 Å². The van der Waals surface area contributed by atoms with Gasteiger partial charge in [0, 0.05) is 31.4 Å². The molecule has 0 unspecified atom stereocenters. The highest BCUT2D eigenvalue weighted by molar-refractivity contribution is 5.93. The van der Waals surface area contributed by atoms with Gasteiger partial charge in [-0.25, -0.2) is 9.18 Å². The number of pyridine rings is 1. The Morgan fingerprint density at radius 3 is 2.40 bits per heavy atom. The Morgan fingerprint density at radius 1 is 1.00 bits per heavy atom. The maximum absolute atomic E-state index is 14.8. The zero-order chi connectivity index (χ0) is 25.0. The lowest BCUT2D eigenvalue weighted by molar-refractivity contribution is 0.630. The summed E-state index contributed by atoms with van der Waals surface area (Å²) in [5.41, 5.74) is 1.23. The van der Waals surface area contributed by atoms with Crippen molar-refractivity contribution < 1.29 is 4.39 Å². The van der Waals surface area contributed by atoms with E-state index in [9.17, 15) is 18.8 Å². The van der Waals surface area contributed by atoms with Crippen LogP contribution in [-0.4, -0.2) is 20.7 Å². The van der Waals surface area contributed by atoms with Gasteiger partial charge in [0.2, 0.25) is 0 Å². The van der Waals surface area contributed by atoms with Crippen LogP contribution < -0.4 is 27.4 Å². The van der Waals surface area contributed by atoms with Gasteiger partial charge in [0.25, 0.3) is 11.1 Å². The Hall–Kier alpha value is -4.14. The van der Waals surface area contributed by atoms with Gasteiger partial charge in [-0.3, -0.25) is 23.3 Å². The number of anilines is 3. The van der Waals surface area contributed by atoms with Crippen LogP contribution in [0.15, 0.2) is 56.8 Å². The molecule has 35 heavy (non-hydrogen) atoms. The molecule has 2 aromatic carbocycles. The minimum Gasteiger partial charge on any atom is -0.388 e. The molecule has 0 radical (unpaired) electrons. The largest absolute Gasteiger partial charge is 0.388 e. The van der Waals surface area contributed by atoms with Crippen LogP contribution in [0.2, 0.25) is 0 Å². The molecule has 0 amide bonds.